The maximum Gasteiger partial charge on any atom is 0.330 e. The van der Waals surface area contributed by atoms with E-state index >= 15 is 0 Å². The first-order valence-electron chi connectivity index (χ1n) is 3.86. The van der Waals surface area contributed by atoms with Crippen molar-refractivity contribution >= 4 is 5.97 Å². The smallest absolute Gasteiger partial charge is 0.330 e. The van der Waals surface area contributed by atoms with Gasteiger partial charge in [0.05, 0.1) is 13.0 Å². The molecule has 13 heavy (non-hydrogen) atoms. The Morgan fingerprint density at radius 2 is 2.46 bits per heavy atom. The first-order chi connectivity index (χ1) is 6.06. The molecule has 1 fully saturated rings. The fourth-order valence-electron chi connectivity index (χ4n) is 0.983. The van der Waals surface area contributed by atoms with Gasteiger partial charge in [0.25, 0.3) is 0 Å². The van der Waals surface area contributed by atoms with Crippen LogP contribution in [0.3, 0.4) is 0 Å². The number of hydrogen-bond donors (Lipinski definition) is 0. The number of esters is 1. The molecule has 0 bridgehead atoms. The molecule has 74 valence electrons. The maximum absolute atomic E-state index is 13.0. The summed E-state index contributed by atoms with van der Waals surface area (Å²) in [5, 5.41) is 0. The number of carbonyl (C=O) groups excluding carboxylic acids is 1. The lowest BCUT2D eigenvalue weighted by Crippen LogP contribution is -2.45. The van der Waals surface area contributed by atoms with E-state index in [0.717, 1.165) is 6.08 Å². The lowest BCUT2D eigenvalue weighted by atomic mass is 10.1. The topological polar surface area (TPSA) is 35.5 Å². The number of halogens is 2. The average Bonchev–Trinajstić information content (AvgIpc) is 2.01. The summed E-state index contributed by atoms with van der Waals surface area (Å²) >= 11 is 0. The van der Waals surface area contributed by atoms with Crippen LogP contribution in [-0.4, -0.2) is 24.8 Å². The predicted octanol–water partition coefficient (Wildman–Crippen LogP) is 1.49. The van der Waals surface area contributed by atoms with E-state index in [4.69, 9.17) is 0 Å². The van der Waals surface area contributed by atoms with Crippen molar-refractivity contribution in [3.05, 3.63) is 12.7 Å². The third-order valence-electron chi connectivity index (χ3n) is 1.69. The van der Waals surface area contributed by atoms with Crippen LogP contribution in [0.25, 0.3) is 0 Å². The minimum atomic E-state index is -1.96. The highest BCUT2D eigenvalue weighted by molar-refractivity contribution is 5.81. The van der Waals surface area contributed by atoms with Gasteiger partial charge >= 0.3 is 5.97 Å². The van der Waals surface area contributed by atoms with Gasteiger partial charge in [-0.25, -0.2) is 13.6 Å². The largest absolute Gasteiger partial charge is 0.462 e. The molecule has 1 rings (SSSR count). The Labute approximate surface area is 74.3 Å². The minimum Gasteiger partial charge on any atom is -0.462 e. The van der Waals surface area contributed by atoms with Crippen molar-refractivity contribution in [2.75, 3.05) is 6.61 Å². The zero-order valence-corrected chi connectivity index (χ0v) is 6.96. The molecule has 3 nitrogen and oxygen atoms in total. The van der Waals surface area contributed by atoms with E-state index in [2.05, 4.69) is 16.1 Å². The Morgan fingerprint density at radius 3 is 2.92 bits per heavy atom. The molecule has 0 aromatic rings. The Balaban J connectivity index is 2.13. The van der Waals surface area contributed by atoms with Gasteiger partial charge in [-0.15, -0.1) is 0 Å². The number of hydrogen-bond acceptors (Lipinski definition) is 3. The molecule has 0 amide bonds. The van der Waals surface area contributed by atoms with Crippen LogP contribution in [0.4, 0.5) is 8.78 Å². The van der Waals surface area contributed by atoms with Crippen molar-refractivity contribution in [1.29, 1.82) is 0 Å². The third-order valence-corrected chi connectivity index (χ3v) is 1.69. The third kappa shape index (κ3) is 2.77. The quantitative estimate of drug-likeness (QED) is 0.500. The highest BCUT2D eigenvalue weighted by Gasteiger charge is 2.46. The van der Waals surface area contributed by atoms with Crippen LogP contribution in [-0.2, 0) is 14.3 Å². The van der Waals surface area contributed by atoms with E-state index in [-0.39, 0.29) is 19.4 Å². The summed E-state index contributed by atoms with van der Waals surface area (Å²) in [5.74, 6) is -2.58. The van der Waals surface area contributed by atoms with Crippen molar-refractivity contribution in [2.45, 2.75) is 25.1 Å². The molecule has 0 N–H and O–H groups in total. The molecule has 0 radical (unpaired) electrons. The molecule has 1 saturated heterocycles. The Kier molecular flexibility index (Phi) is 2.98. The predicted molar refractivity (Wildman–Crippen MR) is 40.2 cm³/mol. The second kappa shape index (κ2) is 3.83. The SMILES string of the molecule is C=CC(=O)OCCC1(F)CC(F)O1. The molecule has 1 aliphatic heterocycles. The first-order valence-corrected chi connectivity index (χ1v) is 3.86. The molecule has 5 heteroatoms. The molecule has 0 saturated carbocycles. The summed E-state index contributed by atoms with van der Waals surface area (Å²) in [5.41, 5.74) is 0. The fraction of sp³-hybridized carbons (Fsp3) is 0.625. The van der Waals surface area contributed by atoms with Crippen molar-refractivity contribution < 1.29 is 23.0 Å². The minimum absolute atomic E-state index is 0.131. The number of rotatable bonds is 4. The van der Waals surface area contributed by atoms with Crippen LogP contribution < -0.4 is 0 Å². The highest BCUT2D eigenvalue weighted by Crippen LogP contribution is 2.37. The molecular formula is C8H10F2O3. The highest BCUT2D eigenvalue weighted by atomic mass is 19.2. The maximum atomic E-state index is 13.0. The van der Waals surface area contributed by atoms with Crippen LogP contribution in [0.5, 0.6) is 0 Å². The monoisotopic (exact) mass is 192 g/mol. The van der Waals surface area contributed by atoms with Gasteiger partial charge in [-0.2, -0.15) is 0 Å². The normalized spacial score (nSPS) is 32.0. The van der Waals surface area contributed by atoms with Gasteiger partial charge in [0.2, 0.25) is 12.2 Å². The van der Waals surface area contributed by atoms with E-state index in [0.29, 0.717) is 0 Å². The fourth-order valence-corrected chi connectivity index (χ4v) is 0.983. The lowest BCUT2D eigenvalue weighted by Gasteiger charge is -2.36. The molecule has 0 aliphatic carbocycles. The van der Waals surface area contributed by atoms with Gasteiger partial charge < -0.3 is 9.47 Å². The van der Waals surface area contributed by atoms with Crippen LogP contribution in [0.2, 0.25) is 0 Å². The lowest BCUT2D eigenvalue weighted by molar-refractivity contribution is -0.323. The van der Waals surface area contributed by atoms with Crippen molar-refractivity contribution in [2.24, 2.45) is 0 Å². The zero-order chi connectivity index (χ0) is 9.90. The van der Waals surface area contributed by atoms with Gasteiger partial charge in [0.15, 0.2) is 0 Å². The molecular weight excluding hydrogens is 182 g/mol. The van der Waals surface area contributed by atoms with Gasteiger partial charge in [0.1, 0.15) is 0 Å². The summed E-state index contributed by atoms with van der Waals surface area (Å²) in [6.07, 6.45) is -0.990. The summed E-state index contributed by atoms with van der Waals surface area (Å²) in [6.45, 7) is 3.03. The molecule has 0 spiro atoms. The van der Waals surface area contributed by atoms with Gasteiger partial charge in [-0.1, -0.05) is 6.58 Å². The van der Waals surface area contributed by atoms with Crippen LogP contribution in [0.1, 0.15) is 12.8 Å². The first kappa shape index (κ1) is 10.1. The Bertz CT molecular complexity index is 211. The number of carbonyl (C=O) groups is 1. The summed E-state index contributed by atoms with van der Waals surface area (Å²) in [4.78, 5) is 10.5. The second-order valence-corrected chi connectivity index (χ2v) is 2.74. The van der Waals surface area contributed by atoms with E-state index < -0.39 is 18.2 Å². The number of alkyl halides is 2. The van der Waals surface area contributed by atoms with E-state index in [1.165, 1.54) is 0 Å². The van der Waals surface area contributed by atoms with E-state index in [1.807, 2.05) is 0 Å². The Morgan fingerprint density at radius 1 is 1.85 bits per heavy atom. The van der Waals surface area contributed by atoms with Crippen LogP contribution in [0, 0.1) is 0 Å². The second-order valence-electron chi connectivity index (χ2n) is 2.74. The van der Waals surface area contributed by atoms with Crippen molar-refractivity contribution in [3.8, 4) is 0 Å². The Hall–Kier alpha value is -0.970. The average molecular weight is 192 g/mol. The van der Waals surface area contributed by atoms with Gasteiger partial charge in [-0.3, -0.25) is 0 Å². The molecule has 1 heterocycles. The van der Waals surface area contributed by atoms with Crippen LogP contribution >= 0.6 is 0 Å². The van der Waals surface area contributed by atoms with Crippen molar-refractivity contribution in [3.63, 3.8) is 0 Å². The van der Waals surface area contributed by atoms with E-state index in [1.54, 1.807) is 0 Å². The zero-order valence-electron chi connectivity index (χ0n) is 6.96. The molecule has 1 aliphatic rings. The standard InChI is InChI=1S/C8H10F2O3/c1-2-7(11)12-4-3-8(10)5-6(9)13-8/h2,6H,1,3-5H2. The van der Waals surface area contributed by atoms with Gasteiger partial charge in [-0.05, 0) is 0 Å². The van der Waals surface area contributed by atoms with E-state index in [9.17, 15) is 13.6 Å². The van der Waals surface area contributed by atoms with Gasteiger partial charge in [0, 0.05) is 12.5 Å². The molecule has 0 aromatic heterocycles. The molecule has 2 unspecified atom stereocenters. The molecule has 2 atom stereocenters. The summed E-state index contributed by atoms with van der Waals surface area (Å²) < 4.78 is 33.8. The summed E-state index contributed by atoms with van der Waals surface area (Å²) in [7, 11) is 0. The van der Waals surface area contributed by atoms with Crippen molar-refractivity contribution in [1.82, 2.24) is 0 Å². The molecule has 0 aromatic carbocycles. The number of ether oxygens (including phenoxy) is 2. The summed E-state index contributed by atoms with van der Waals surface area (Å²) in [6, 6.07) is 0. The van der Waals surface area contributed by atoms with Crippen LogP contribution in [0.15, 0.2) is 12.7 Å².